The number of rotatable bonds is 11. The van der Waals surface area contributed by atoms with Crippen LogP contribution in [0.4, 0.5) is 8.78 Å². The Labute approximate surface area is 211 Å². The molecule has 0 saturated heterocycles. The largest absolute Gasteiger partial charge is 0.487 e. The smallest absolute Gasteiger partial charge is 0.137 e. The van der Waals surface area contributed by atoms with Crippen LogP contribution in [0, 0.1) is 17.6 Å². The van der Waals surface area contributed by atoms with Crippen LogP contribution in [0.3, 0.4) is 0 Å². The van der Waals surface area contributed by atoms with Crippen molar-refractivity contribution in [2.45, 2.75) is 44.2 Å². The van der Waals surface area contributed by atoms with Crippen molar-refractivity contribution in [2.75, 3.05) is 0 Å². The lowest BCUT2D eigenvalue weighted by atomic mass is 9.93. The number of benzene rings is 2. The molecule has 2 aromatic carbocycles. The molecule has 192 valence electrons. The van der Waals surface area contributed by atoms with E-state index in [1.807, 2.05) is 36.4 Å². The summed E-state index contributed by atoms with van der Waals surface area (Å²) in [6.07, 6.45) is 9.74. The summed E-state index contributed by atoms with van der Waals surface area (Å²) in [4.78, 5) is 3.85. The fraction of sp³-hybridized carbons (Fsp3) is 0.308. The van der Waals surface area contributed by atoms with Crippen molar-refractivity contribution in [1.29, 1.82) is 0 Å². The molecule has 1 fully saturated rings. The Kier molecular flexibility index (Phi) is 7.06. The predicted molar refractivity (Wildman–Crippen MR) is 129 cm³/mol. The zero-order chi connectivity index (χ0) is 25.8. The molecule has 0 radical (unpaired) electrons. The quantitative estimate of drug-likeness (QED) is 0.320. The molecule has 2 N–H and O–H groups in total. The van der Waals surface area contributed by atoms with Crippen LogP contribution in [0.2, 0.25) is 0 Å². The molecule has 2 aromatic heterocycles. The van der Waals surface area contributed by atoms with Gasteiger partial charge in [-0.1, -0.05) is 35.6 Å². The van der Waals surface area contributed by atoms with Gasteiger partial charge in [0, 0.05) is 11.6 Å². The van der Waals surface area contributed by atoms with Gasteiger partial charge in [-0.2, -0.15) is 5.10 Å². The highest BCUT2D eigenvalue weighted by Crippen LogP contribution is 2.33. The van der Waals surface area contributed by atoms with Crippen molar-refractivity contribution in [1.82, 2.24) is 29.8 Å². The maximum atomic E-state index is 14.6. The molecule has 2 heterocycles. The Hall–Kier alpha value is -3.96. The molecule has 11 heteroatoms. The summed E-state index contributed by atoms with van der Waals surface area (Å²) in [7, 11) is 0. The van der Waals surface area contributed by atoms with E-state index >= 15 is 0 Å². The van der Waals surface area contributed by atoms with Crippen molar-refractivity contribution in [3.63, 3.8) is 0 Å². The zero-order valence-corrected chi connectivity index (χ0v) is 19.9. The molecule has 0 amide bonds. The average Bonchev–Trinajstić information content (AvgIpc) is 3.44. The molecule has 1 aliphatic rings. The van der Waals surface area contributed by atoms with Crippen LogP contribution >= 0.6 is 0 Å². The monoisotopic (exact) mass is 508 g/mol. The van der Waals surface area contributed by atoms with Crippen molar-refractivity contribution < 1.29 is 23.7 Å². The zero-order valence-electron chi connectivity index (χ0n) is 19.9. The van der Waals surface area contributed by atoms with Gasteiger partial charge in [0.05, 0.1) is 25.4 Å². The van der Waals surface area contributed by atoms with Gasteiger partial charge in [0.2, 0.25) is 0 Å². The summed E-state index contributed by atoms with van der Waals surface area (Å²) in [6.45, 7) is -0.183. The van der Waals surface area contributed by atoms with E-state index in [9.17, 15) is 19.0 Å². The number of aromatic nitrogens is 6. The Morgan fingerprint density at radius 2 is 1.89 bits per heavy atom. The average molecular weight is 509 g/mol. The highest BCUT2D eigenvalue weighted by molar-refractivity contribution is 5.51. The third-order valence-electron chi connectivity index (χ3n) is 6.19. The van der Waals surface area contributed by atoms with Gasteiger partial charge >= 0.3 is 0 Å². The topological polar surface area (TPSA) is 111 Å². The van der Waals surface area contributed by atoms with E-state index in [1.165, 1.54) is 28.1 Å². The lowest BCUT2D eigenvalue weighted by molar-refractivity contribution is -0.00892. The van der Waals surface area contributed by atoms with Crippen molar-refractivity contribution >= 4 is 6.08 Å². The Morgan fingerprint density at radius 1 is 1.11 bits per heavy atom. The van der Waals surface area contributed by atoms with E-state index in [0.717, 1.165) is 30.5 Å². The first-order chi connectivity index (χ1) is 17.9. The molecule has 1 saturated carbocycles. The Balaban J connectivity index is 1.24. The lowest BCUT2D eigenvalue weighted by Gasteiger charge is -2.28. The van der Waals surface area contributed by atoms with Gasteiger partial charge in [-0.25, -0.2) is 23.1 Å². The van der Waals surface area contributed by atoms with Crippen molar-refractivity contribution in [3.05, 3.63) is 95.8 Å². The first kappa shape index (κ1) is 24.7. The molecule has 4 aromatic rings. The molecule has 0 spiro atoms. The van der Waals surface area contributed by atoms with Gasteiger partial charge < -0.3 is 14.9 Å². The normalized spacial score (nSPS) is 16.1. The minimum atomic E-state index is -1.81. The molecule has 2 atom stereocenters. The molecular weight excluding hydrogens is 482 g/mol. The number of aliphatic hydroxyl groups excluding tert-OH is 1. The fourth-order valence-corrected chi connectivity index (χ4v) is 4.06. The molecule has 2 unspecified atom stereocenters. The molecule has 9 nitrogen and oxygen atoms in total. The van der Waals surface area contributed by atoms with E-state index < -0.39 is 23.3 Å². The standard InChI is InChI=1S/C26H26F2N6O3/c27-20-6-9-23(24(28)11-20)26(36,15-34-17-29-16-30-34)14-33-12-21(31-32-33)13-37-22-7-1-18(2-8-22)3-10-25(35)19-4-5-19/h1-3,6-12,16-17,19,25,35-36H,4-5,13-15H2/b10-3+. The minimum absolute atomic E-state index is 0.100. The Bertz CT molecular complexity index is 1360. The third-order valence-corrected chi connectivity index (χ3v) is 6.19. The predicted octanol–water partition coefficient (Wildman–Crippen LogP) is 3.10. The lowest BCUT2D eigenvalue weighted by Crippen LogP contribution is -2.37. The van der Waals surface area contributed by atoms with Crippen LogP contribution in [0.5, 0.6) is 5.75 Å². The number of nitrogens with zero attached hydrogens (tertiary/aromatic N) is 6. The van der Waals surface area contributed by atoms with E-state index in [4.69, 9.17) is 4.74 Å². The SMILES string of the molecule is OC(/C=C/c1ccc(OCc2cn(CC(O)(Cn3cncn3)c3ccc(F)cc3F)nn2)cc1)C1CC1. The van der Waals surface area contributed by atoms with Gasteiger partial charge in [-0.15, -0.1) is 5.10 Å². The molecule has 37 heavy (non-hydrogen) atoms. The second-order valence-electron chi connectivity index (χ2n) is 9.20. The molecular formula is C26H26F2N6O3. The number of aliphatic hydroxyl groups is 2. The van der Waals surface area contributed by atoms with Gasteiger partial charge in [-0.05, 0) is 42.5 Å². The highest BCUT2D eigenvalue weighted by Gasteiger charge is 2.35. The molecule has 5 rings (SSSR count). The van der Waals surface area contributed by atoms with Crippen LogP contribution in [0.1, 0.15) is 29.7 Å². The first-order valence-corrected chi connectivity index (χ1v) is 11.9. The second-order valence-corrected chi connectivity index (χ2v) is 9.20. The highest BCUT2D eigenvalue weighted by atomic mass is 19.1. The summed E-state index contributed by atoms with van der Waals surface area (Å²) >= 11 is 0. The summed E-state index contributed by atoms with van der Waals surface area (Å²) in [5.74, 6) is -0.609. The van der Waals surface area contributed by atoms with E-state index in [1.54, 1.807) is 6.20 Å². The van der Waals surface area contributed by atoms with E-state index in [2.05, 4.69) is 20.4 Å². The summed E-state index contributed by atoms with van der Waals surface area (Å²) in [6, 6.07) is 10.4. The summed E-state index contributed by atoms with van der Waals surface area (Å²) < 4.78 is 36.6. The van der Waals surface area contributed by atoms with Crippen LogP contribution < -0.4 is 4.74 Å². The maximum Gasteiger partial charge on any atom is 0.137 e. The van der Waals surface area contributed by atoms with Gasteiger partial charge in [0.1, 0.15) is 47.9 Å². The van der Waals surface area contributed by atoms with Crippen LogP contribution in [0.25, 0.3) is 6.08 Å². The van der Waals surface area contributed by atoms with Crippen molar-refractivity contribution in [3.8, 4) is 5.75 Å². The first-order valence-electron chi connectivity index (χ1n) is 11.9. The van der Waals surface area contributed by atoms with Crippen LogP contribution in [0.15, 0.2) is 67.4 Å². The fourth-order valence-electron chi connectivity index (χ4n) is 4.06. The second kappa shape index (κ2) is 10.6. The molecule has 1 aliphatic carbocycles. The Morgan fingerprint density at radius 3 is 2.59 bits per heavy atom. The van der Waals surface area contributed by atoms with Gasteiger partial charge in [0.25, 0.3) is 0 Å². The van der Waals surface area contributed by atoms with Crippen LogP contribution in [-0.2, 0) is 25.3 Å². The number of hydrogen-bond acceptors (Lipinski definition) is 7. The summed E-state index contributed by atoms with van der Waals surface area (Å²) in [5, 5.41) is 33.5. The minimum Gasteiger partial charge on any atom is -0.487 e. The number of hydrogen-bond donors (Lipinski definition) is 2. The maximum absolute atomic E-state index is 14.6. The molecule has 0 aliphatic heterocycles. The van der Waals surface area contributed by atoms with Gasteiger partial charge in [0.15, 0.2) is 0 Å². The van der Waals surface area contributed by atoms with Crippen LogP contribution in [-0.4, -0.2) is 46.1 Å². The molecule has 0 bridgehead atoms. The van der Waals surface area contributed by atoms with E-state index in [0.29, 0.717) is 17.4 Å². The van der Waals surface area contributed by atoms with Crippen molar-refractivity contribution in [2.24, 2.45) is 5.92 Å². The third kappa shape index (κ3) is 6.25. The number of ether oxygens (including phenoxy) is 1. The number of halogens is 2. The van der Waals surface area contributed by atoms with Gasteiger partial charge in [-0.3, -0.25) is 0 Å². The summed E-state index contributed by atoms with van der Waals surface area (Å²) in [5.41, 5.74) is -0.457. The van der Waals surface area contributed by atoms with E-state index in [-0.39, 0.29) is 25.3 Å².